The smallest absolute Gasteiger partial charge is 0.0465 e. The van der Waals surface area contributed by atoms with E-state index in [9.17, 15) is 0 Å². The van der Waals surface area contributed by atoms with Crippen LogP contribution in [0.25, 0.3) is 44.5 Å². The molecule has 61 heavy (non-hydrogen) atoms. The largest absolute Gasteiger partial charge is 0.311 e. The highest BCUT2D eigenvalue weighted by Crippen LogP contribution is 2.57. The Hall–Kier alpha value is -7.42. The van der Waals surface area contributed by atoms with Gasteiger partial charge in [0.1, 0.15) is 0 Å². The summed E-state index contributed by atoms with van der Waals surface area (Å²) < 4.78 is 0. The lowest BCUT2D eigenvalue weighted by Gasteiger charge is -2.30. The lowest BCUT2D eigenvalue weighted by atomic mass is 9.76. The van der Waals surface area contributed by atoms with Gasteiger partial charge in [0, 0.05) is 39.5 Å². The Balaban J connectivity index is 0.918. The number of anilines is 6. The number of para-hydroxylation sites is 1. The molecule has 0 N–H and O–H groups in total. The standard InChI is InChI=1S/C59H46N2/c1-4-14-43(15-5-1)45-22-30-50(31-23-45)60(51-32-24-46(25-33-51)44-16-6-2-7-17-44)52-34-26-47(27-35-52)48-28-36-53(37-29-48)61(49-18-8-3-9-19-49)54-38-39-56-55-20-10-11-21-57(55)59(58(56)42-54)40-12-13-41-59/h1-11,14-39,42H,12-13,40-41H2. The van der Waals surface area contributed by atoms with Crippen molar-refractivity contribution in [2.75, 3.05) is 9.80 Å². The number of fused-ring (bicyclic) bond motifs is 5. The van der Waals surface area contributed by atoms with Gasteiger partial charge >= 0.3 is 0 Å². The van der Waals surface area contributed by atoms with Gasteiger partial charge in [0.2, 0.25) is 0 Å². The highest BCUT2D eigenvalue weighted by Gasteiger charge is 2.45. The van der Waals surface area contributed by atoms with Gasteiger partial charge in [-0.15, -0.1) is 0 Å². The molecule has 9 aromatic carbocycles. The van der Waals surface area contributed by atoms with Crippen LogP contribution in [-0.4, -0.2) is 0 Å². The Labute approximate surface area is 359 Å². The number of rotatable bonds is 9. The van der Waals surface area contributed by atoms with Crippen LogP contribution < -0.4 is 9.80 Å². The van der Waals surface area contributed by atoms with Gasteiger partial charge in [-0.2, -0.15) is 0 Å². The molecule has 2 nitrogen and oxygen atoms in total. The average Bonchev–Trinajstić information content (AvgIpc) is 3.94. The first-order valence-corrected chi connectivity index (χ1v) is 21.6. The fourth-order valence-corrected chi connectivity index (χ4v) is 10.0. The minimum atomic E-state index is 0.118. The van der Waals surface area contributed by atoms with Crippen molar-refractivity contribution >= 4 is 34.1 Å². The molecule has 1 saturated carbocycles. The van der Waals surface area contributed by atoms with Crippen molar-refractivity contribution in [3.05, 3.63) is 242 Å². The van der Waals surface area contributed by atoms with Crippen LogP contribution in [0.15, 0.2) is 231 Å². The van der Waals surface area contributed by atoms with E-state index >= 15 is 0 Å². The molecule has 2 aliphatic carbocycles. The van der Waals surface area contributed by atoms with Crippen molar-refractivity contribution in [3.63, 3.8) is 0 Å². The SMILES string of the molecule is c1ccc(-c2ccc(N(c3ccc(-c4ccccc4)cc3)c3ccc(-c4ccc(N(c5ccccc5)c5ccc6c(c5)C5(CCCC5)c5ccccc5-6)cc4)cc3)cc2)cc1. The maximum Gasteiger partial charge on any atom is 0.0465 e. The molecule has 2 aliphatic rings. The number of hydrogen-bond donors (Lipinski definition) is 0. The number of hydrogen-bond acceptors (Lipinski definition) is 2. The lowest BCUT2D eigenvalue weighted by molar-refractivity contribution is 0.550. The summed E-state index contributed by atoms with van der Waals surface area (Å²) in [5.74, 6) is 0. The minimum Gasteiger partial charge on any atom is -0.311 e. The normalized spacial score (nSPS) is 13.4. The van der Waals surface area contributed by atoms with E-state index in [0.29, 0.717) is 0 Å². The quantitative estimate of drug-likeness (QED) is 0.144. The third kappa shape index (κ3) is 6.71. The van der Waals surface area contributed by atoms with E-state index in [-0.39, 0.29) is 5.41 Å². The molecule has 0 bridgehead atoms. The molecule has 0 amide bonds. The summed E-state index contributed by atoms with van der Waals surface area (Å²) in [4.78, 5) is 4.77. The highest BCUT2D eigenvalue weighted by molar-refractivity contribution is 5.87. The molecule has 11 rings (SSSR count). The lowest BCUT2D eigenvalue weighted by Crippen LogP contribution is -2.21. The van der Waals surface area contributed by atoms with Crippen LogP contribution in [0.3, 0.4) is 0 Å². The summed E-state index contributed by atoms with van der Waals surface area (Å²) in [7, 11) is 0. The zero-order valence-electron chi connectivity index (χ0n) is 34.2. The Kier molecular flexibility index (Phi) is 9.39. The van der Waals surface area contributed by atoms with Gasteiger partial charge in [-0.25, -0.2) is 0 Å². The Morgan fingerprint density at radius 3 is 1.05 bits per heavy atom. The van der Waals surface area contributed by atoms with Crippen LogP contribution in [0.5, 0.6) is 0 Å². The van der Waals surface area contributed by atoms with E-state index < -0.39 is 0 Å². The molecule has 0 radical (unpaired) electrons. The van der Waals surface area contributed by atoms with Crippen LogP contribution >= 0.6 is 0 Å². The number of benzene rings is 9. The van der Waals surface area contributed by atoms with Crippen LogP contribution in [0.2, 0.25) is 0 Å². The van der Waals surface area contributed by atoms with Gasteiger partial charge in [0.05, 0.1) is 0 Å². The summed E-state index contributed by atoms with van der Waals surface area (Å²) >= 11 is 0. The van der Waals surface area contributed by atoms with Crippen molar-refractivity contribution in [2.24, 2.45) is 0 Å². The van der Waals surface area contributed by atoms with Crippen LogP contribution in [-0.2, 0) is 5.41 Å². The zero-order valence-corrected chi connectivity index (χ0v) is 34.2. The van der Waals surface area contributed by atoms with Gasteiger partial charge in [-0.3, -0.25) is 0 Å². The molecular formula is C59H46N2. The van der Waals surface area contributed by atoms with E-state index in [4.69, 9.17) is 0 Å². The van der Waals surface area contributed by atoms with E-state index in [1.807, 2.05) is 0 Å². The fraction of sp³-hybridized carbons (Fsp3) is 0.0847. The Morgan fingerprint density at radius 1 is 0.262 bits per heavy atom. The molecule has 9 aromatic rings. The maximum absolute atomic E-state index is 2.50. The van der Waals surface area contributed by atoms with Gasteiger partial charge in [-0.1, -0.05) is 171 Å². The molecular weight excluding hydrogens is 737 g/mol. The molecule has 0 saturated heterocycles. The second-order valence-corrected chi connectivity index (χ2v) is 16.5. The highest BCUT2D eigenvalue weighted by atomic mass is 15.1. The topological polar surface area (TPSA) is 6.48 Å². The molecule has 0 atom stereocenters. The van der Waals surface area contributed by atoms with Crippen LogP contribution in [0, 0.1) is 0 Å². The third-order valence-corrected chi connectivity index (χ3v) is 13.0. The summed E-state index contributed by atoms with van der Waals surface area (Å²) in [6.07, 6.45) is 5.01. The van der Waals surface area contributed by atoms with Crippen LogP contribution in [0.1, 0.15) is 36.8 Å². The second-order valence-electron chi connectivity index (χ2n) is 16.5. The summed E-state index contributed by atoms with van der Waals surface area (Å²) in [6, 6.07) is 84.2. The molecule has 1 fully saturated rings. The predicted molar refractivity (Wildman–Crippen MR) is 257 cm³/mol. The maximum atomic E-state index is 2.50. The first-order chi connectivity index (χ1) is 30.2. The summed E-state index contributed by atoms with van der Waals surface area (Å²) in [5.41, 5.74) is 20.0. The first-order valence-electron chi connectivity index (χ1n) is 21.6. The van der Waals surface area contributed by atoms with Crippen LogP contribution in [0.4, 0.5) is 34.1 Å². The monoisotopic (exact) mass is 782 g/mol. The molecule has 292 valence electrons. The summed E-state index contributed by atoms with van der Waals surface area (Å²) in [6.45, 7) is 0. The van der Waals surface area contributed by atoms with Crippen molar-refractivity contribution in [1.29, 1.82) is 0 Å². The van der Waals surface area contributed by atoms with Gasteiger partial charge in [0.15, 0.2) is 0 Å². The van der Waals surface area contributed by atoms with Crippen molar-refractivity contribution in [1.82, 2.24) is 0 Å². The van der Waals surface area contributed by atoms with Gasteiger partial charge < -0.3 is 9.80 Å². The van der Waals surface area contributed by atoms with E-state index in [1.54, 1.807) is 0 Å². The third-order valence-electron chi connectivity index (χ3n) is 13.0. The summed E-state index contributed by atoms with van der Waals surface area (Å²) in [5, 5.41) is 0. The number of nitrogens with zero attached hydrogens (tertiary/aromatic N) is 2. The fourth-order valence-electron chi connectivity index (χ4n) is 10.0. The minimum absolute atomic E-state index is 0.118. The van der Waals surface area contributed by atoms with Gasteiger partial charge in [0.25, 0.3) is 0 Å². The molecule has 0 aliphatic heterocycles. The van der Waals surface area contributed by atoms with Crippen molar-refractivity contribution < 1.29 is 0 Å². The Morgan fingerprint density at radius 2 is 0.590 bits per heavy atom. The molecule has 0 aromatic heterocycles. The zero-order chi connectivity index (χ0) is 40.6. The first kappa shape index (κ1) is 36.6. The Bertz CT molecular complexity index is 2830. The molecule has 1 spiro atoms. The average molecular weight is 783 g/mol. The van der Waals surface area contributed by atoms with E-state index in [0.717, 1.165) is 28.4 Å². The predicted octanol–water partition coefficient (Wildman–Crippen LogP) is 16.5. The van der Waals surface area contributed by atoms with E-state index in [2.05, 4.69) is 240 Å². The second kappa shape index (κ2) is 15.6. The van der Waals surface area contributed by atoms with E-state index in [1.165, 1.54) is 87.0 Å². The molecule has 0 unspecified atom stereocenters. The van der Waals surface area contributed by atoms with Gasteiger partial charge in [-0.05, 0) is 141 Å². The molecule has 0 heterocycles. The van der Waals surface area contributed by atoms with Crippen molar-refractivity contribution in [3.8, 4) is 44.5 Å². The van der Waals surface area contributed by atoms with Crippen molar-refractivity contribution in [2.45, 2.75) is 31.1 Å². The molecule has 2 heteroatoms.